The number of rotatable bonds is 9. The van der Waals surface area contributed by atoms with Crippen molar-refractivity contribution in [2.24, 2.45) is 0 Å². The van der Waals surface area contributed by atoms with Gasteiger partial charge in [0.15, 0.2) is 0 Å². The second kappa shape index (κ2) is 10.4. The minimum atomic E-state index is -0.901. The summed E-state index contributed by atoms with van der Waals surface area (Å²) in [7, 11) is 0. The van der Waals surface area contributed by atoms with Crippen LogP contribution in [0.4, 0.5) is 0 Å². The molecule has 3 heteroatoms. The second-order valence-electron chi connectivity index (χ2n) is 11.3. The Bertz CT molecular complexity index is 1060. The summed E-state index contributed by atoms with van der Waals surface area (Å²) < 4.78 is 6.68. The van der Waals surface area contributed by atoms with Gasteiger partial charge in [0, 0.05) is 11.1 Å². The summed E-state index contributed by atoms with van der Waals surface area (Å²) in [6.07, 6.45) is 9.18. The van der Waals surface area contributed by atoms with Gasteiger partial charge in [-0.25, -0.2) is 4.79 Å². The number of carboxylic acids is 1. The first-order valence-electron chi connectivity index (χ1n) is 12.8. The molecule has 184 valence electrons. The zero-order chi connectivity index (χ0) is 25.1. The van der Waals surface area contributed by atoms with Gasteiger partial charge in [0.25, 0.3) is 0 Å². The number of ether oxygens (including phenoxy) is 1. The molecule has 2 aromatic carbocycles. The highest BCUT2D eigenvalue weighted by molar-refractivity contribution is 5.89. The smallest absolute Gasteiger partial charge is 0.335 e. The first-order valence-corrected chi connectivity index (χ1v) is 12.8. The lowest BCUT2D eigenvalue weighted by atomic mass is 9.62. The van der Waals surface area contributed by atoms with Crippen molar-refractivity contribution in [3.63, 3.8) is 0 Å². The van der Waals surface area contributed by atoms with E-state index >= 15 is 0 Å². The van der Waals surface area contributed by atoms with Crippen molar-refractivity contribution in [3.05, 3.63) is 63.7 Å². The van der Waals surface area contributed by atoms with E-state index < -0.39 is 5.97 Å². The summed E-state index contributed by atoms with van der Waals surface area (Å²) in [6, 6.07) is 9.47. The Kier molecular flexibility index (Phi) is 7.95. The van der Waals surface area contributed by atoms with Crippen LogP contribution in [0.15, 0.2) is 30.3 Å². The summed E-state index contributed by atoms with van der Waals surface area (Å²) in [5.41, 5.74) is 7.83. The van der Waals surface area contributed by atoms with Crippen LogP contribution in [0, 0.1) is 6.92 Å². The molecule has 1 N–H and O–H groups in total. The van der Waals surface area contributed by atoms with Crippen LogP contribution in [-0.2, 0) is 10.8 Å². The molecule has 0 radical (unpaired) electrons. The van der Waals surface area contributed by atoms with Crippen LogP contribution in [0.3, 0.4) is 0 Å². The van der Waals surface area contributed by atoms with E-state index in [1.807, 2.05) is 12.1 Å². The zero-order valence-electron chi connectivity index (χ0n) is 22.2. The molecule has 1 aliphatic carbocycles. The number of benzene rings is 2. The maximum absolute atomic E-state index is 11.2. The third-order valence-electron chi connectivity index (χ3n) is 7.44. The molecule has 0 atom stereocenters. The van der Waals surface area contributed by atoms with Crippen LogP contribution in [0.2, 0.25) is 0 Å². The van der Waals surface area contributed by atoms with Crippen molar-refractivity contribution in [1.29, 1.82) is 0 Å². The lowest BCUT2D eigenvalue weighted by Crippen LogP contribution is -2.35. The first kappa shape index (κ1) is 26.1. The van der Waals surface area contributed by atoms with E-state index in [1.165, 1.54) is 47.9 Å². The average molecular weight is 463 g/mol. The number of hydrogen-bond acceptors (Lipinski definition) is 2. The second-order valence-corrected chi connectivity index (χ2v) is 11.3. The van der Waals surface area contributed by atoms with Gasteiger partial charge in [0.1, 0.15) is 5.75 Å². The molecule has 2 aromatic rings. The molecule has 0 aromatic heterocycles. The average Bonchev–Trinajstić information content (AvgIpc) is 2.76. The standard InChI is InChI=1S/C31H42O3/c1-8-9-10-11-18-34-28-26(21(2)19-23-12-14-24(15-13-23)29(32)33)22(3)20-25-27(28)31(6,7)17-16-30(25,4)5/h12-15,19-20H,8-11,16-18H2,1-7H3,(H,32,33)/b21-19+. The number of allylic oxidation sites excluding steroid dienone is 1. The Morgan fingerprint density at radius 1 is 1.03 bits per heavy atom. The normalized spacial score (nSPS) is 16.7. The van der Waals surface area contributed by atoms with Gasteiger partial charge in [-0.2, -0.15) is 0 Å². The molecule has 0 saturated heterocycles. The van der Waals surface area contributed by atoms with Crippen LogP contribution < -0.4 is 4.74 Å². The summed E-state index contributed by atoms with van der Waals surface area (Å²) in [5.74, 6) is 0.154. The Morgan fingerprint density at radius 2 is 1.68 bits per heavy atom. The van der Waals surface area contributed by atoms with Gasteiger partial charge in [0.05, 0.1) is 12.2 Å². The van der Waals surface area contributed by atoms with Crippen molar-refractivity contribution >= 4 is 17.6 Å². The van der Waals surface area contributed by atoms with Crippen molar-refractivity contribution in [2.45, 2.75) is 97.8 Å². The summed E-state index contributed by atoms with van der Waals surface area (Å²) in [5, 5.41) is 9.22. The van der Waals surface area contributed by atoms with Gasteiger partial charge in [-0.1, -0.05) is 78.2 Å². The van der Waals surface area contributed by atoms with Crippen molar-refractivity contribution in [1.82, 2.24) is 0 Å². The van der Waals surface area contributed by atoms with E-state index in [0.29, 0.717) is 5.56 Å². The Hall–Kier alpha value is -2.55. The van der Waals surface area contributed by atoms with E-state index in [9.17, 15) is 9.90 Å². The number of fused-ring (bicyclic) bond motifs is 1. The molecule has 0 fully saturated rings. The molecular weight excluding hydrogens is 420 g/mol. The van der Waals surface area contributed by atoms with Gasteiger partial charge < -0.3 is 9.84 Å². The van der Waals surface area contributed by atoms with Crippen LogP contribution in [0.25, 0.3) is 11.6 Å². The number of carboxylic acid groups (broad SMARTS) is 1. The molecule has 0 saturated carbocycles. The van der Waals surface area contributed by atoms with Crippen LogP contribution >= 0.6 is 0 Å². The molecule has 0 unspecified atom stereocenters. The van der Waals surface area contributed by atoms with E-state index in [1.54, 1.807) is 12.1 Å². The van der Waals surface area contributed by atoms with Gasteiger partial charge in [-0.15, -0.1) is 0 Å². The summed E-state index contributed by atoms with van der Waals surface area (Å²) in [6.45, 7) is 16.7. The fourth-order valence-electron chi connectivity index (χ4n) is 5.26. The predicted molar refractivity (Wildman–Crippen MR) is 143 cm³/mol. The van der Waals surface area contributed by atoms with E-state index in [2.05, 4.69) is 60.6 Å². The van der Waals surface area contributed by atoms with Gasteiger partial charge in [-0.3, -0.25) is 0 Å². The molecule has 1 aliphatic rings. The highest BCUT2D eigenvalue weighted by Crippen LogP contribution is 2.52. The summed E-state index contributed by atoms with van der Waals surface area (Å²) in [4.78, 5) is 11.2. The van der Waals surface area contributed by atoms with Crippen LogP contribution in [0.5, 0.6) is 5.75 Å². The lowest BCUT2D eigenvalue weighted by Gasteiger charge is -2.43. The van der Waals surface area contributed by atoms with E-state index in [4.69, 9.17) is 4.74 Å². The number of hydrogen-bond donors (Lipinski definition) is 1. The molecule has 0 heterocycles. The Balaban J connectivity index is 2.12. The van der Waals surface area contributed by atoms with Crippen molar-refractivity contribution in [2.75, 3.05) is 6.61 Å². The van der Waals surface area contributed by atoms with E-state index in [-0.39, 0.29) is 10.8 Å². The molecule has 3 rings (SSSR count). The molecule has 0 aliphatic heterocycles. The molecule has 0 spiro atoms. The minimum Gasteiger partial charge on any atom is -0.493 e. The number of aryl methyl sites for hydroxylation is 1. The highest BCUT2D eigenvalue weighted by Gasteiger charge is 2.40. The third kappa shape index (κ3) is 5.56. The van der Waals surface area contributed by atoms with E-state index in [0.717, 1.165) is 36.3 Å². The van der Waals surface area contributed by atoms with Gasteiger partial charge in [-0.05, 0) is 78.3 Å². The van der Waals surface area contributed by atoms with Gasteiger partial charge >= 0.3 is 5.97 Å². The maximum Gasteiger partial charge on any atom is 0.335 e. The highest BCUT2D eigenvalue weighted by atomic mass is 16.5. The fourth-order valence-corrected chi connectivity index (χ4v) is 5.26. The number of carbonyl (C=O) groups is 1. The van der Waals surface area contributed by atoms with Crippen LogP contribution in [-0.4, -0.2) is 17.7 Å². The Labute approximate surface area is 206 Å². The van der Waals surface area contributed by atoms with Crippen molar-refractivity contribution < 1.29 is 14.6 Å². The maximum atomic E-state index is 11.2. The molecule has 34 heavy (non-hydrogen) atoms. The first-order chi connectivity index (χ1) is 16.0. The largest absolute Gasteiger partial charge is 0.493 e. The fraction of sp³-hybridized carbons (Fsp3) is 0.516. The zero-order valence-corrected chi connectivity index (χ0v) is 22.2. The minimum absolute atomic E-state index is 0.0511. The predicted octanol–water partition coefficient (Wildman–Crippen LogP) is 8.56. The SMILES string of the molecule is CCCCCCOc1c(/C(C)=C/c2ccc(C(=O)O)cc2)c(C)cc2c1C(C)(C)CCC2(C)C. The summed E-state index contributed by atoms with van der Waals surface area (Å²) >= 11 is 0. The third-order valence-corrected chi connectivity index (χ3v) is 7.44. The Morgan fingerprint density at radius 3 is 2.29 bits per heavy atom. The molecule has 0 amide bonds. The monoisotopic (exact) mass is 462 g/mol. The van der Waals surface area contributed by atoms with Crippen LogP contribution in [0.1, 0.15) is 118 Å². The van der Waals surface area contributed by atoms with Crippen molar-refractivity contribution in [3.8, 4) is 5.75 Å². The quantitative estimate of drug-likeness (QED) is 0.300. The van der Waals surface area contributed by atoms with Gasteiger partial charge in [0.2, 0.25) is 0 Å². The topological polar surface area (TPSA) is 46.5 Å². The number of unbranched alkanes of at least 4 members (excludes halogenated alkanes) is 3. The number of aromatic carboxylic acids is 1. The molecule has 0 bridgehead atoms. The molecular formula is C31H42O3. The lowest BCUT2D eigenvalue weighted by molar-refractivity contribution is 0.0697. The molecule has 3 nitrogen and oxygen atoms in total.